The molecule has 1 aromatic carbocycles. The standard InChI is InChI=1S/C19H25N3O2/c1-13-8-17(19(23)22-10-15(3)20-4)9-14(2)18(13)24-12-16-6-5-7-21-11-16/h5-9,11,15,20H,10,12H2,1-4H3,(H,22,23). The quantitative estimate of drug-likeness (QED) is 0.820. The number of nitrogens with one attached hydrogen (secondary N) is 2. The molecule has 0 saturated carbocycles. The predicted octanol–water partition coefficient (Wildman–Crippen LogP) is 2.62. The van der Waals surface area contributed by atoms with E-state index in [-0.39, 0.29) is 11.9 Å². The number of pyridine rings is 1. The number of amides is 1. The molecule has 0 aliphatic rings. The Kier molecular flexibility index (Phi) is 6.32. The minimum absolute atomic E-state index is 0.0675. The summed E-state index contributed by atoms with van der Waals surface area (Å²) in [6.07, 6.45) is 3.53. The van der Waals surface area contributed by atoms with Crippen molar-refractivity contribution in [3.63, 3.8) is 0 Å². The van der Waals surface area contributed by atoms with Crippen molar-refractivity contribution in [2.24, 2.45) is 0 Å². The van der Waals surface area contributed by atoms with E-state index in [1.807, 2.05) is 52.1 Å². The smallest absolute Gasteiger partial charge is 0.251 e. The van der Waals surface area contributed by atoms with Crippen molar-refractivity contribution >= 4 is 5.91 Å². The Bertz CT molecular complexity index is 663. The van der Waals surface area contributed by atoms with Gasteiger partial charge in [-0.3, -0.25) is 9.78 Å². The number of hydrogen-bond acceptors (Lipinski definition) is 4. The van der Waals surface area contributed by atoms with Crippen molar-refractivity contribution in [1.29, 1.82) is 0 Å². The molecular formula is C19H25N3O2. The minimum atomic E-state index is -0.0675. The van der Waals surface area contributed by atoms with Crippen LogP contribution in [0, 0.1) is 13.8 Å². The van der Waals surface area contributed by atoms with Gasteiger partial charge in [-0.1, -0.05) is 6.07 Å². The lowest BCUT2D eigenvalue weighted by atomic mass is 10.0. The summed E-state index contributed by atoms with van der Waals surface area (Å²) in [6, 6.07) is 7.83. The Morgan fingerprint density at radius 2 is 2.00 bits per heavy atom. The second-order valence-corrected chi connectivity index (χ2v) is 5.99. The molecule has 0 radical (unpaired) electrons. The molecule has 0 aliphatic carbocycles. The number of rotatable bonds is 7. The molecule has 1 amide bonds. The zero-order valence-corrected chi connectivity index (χ0v) is 14.7. The average Bonchev–Trinajstić information content (AvgIpc) is 2.59. The van der Waals surface area contributed by atoms with Crippen LogP contribution in [0.3, 0.4) is 0 Å². The van der Waals surface area contributed by atoms with E-state index in [0.29, 0.717) is 18.7 Å². The minimum Gasteiger partial charge on any atom is -0.488 e. The van der Waals surface area contributed by atoms with Crippen LogP contribution in [0.1, 0.15) is 34.0 Å². The van der Waals surface area contributed by atoms with Gasteiger partial charge in [-0.25, -0.2) is 0 Å². The van der Waals surface area contributed by atoms with Crippen LogP contribution >= 0.6 is 0 Å². The van der Waals surface area contributed by atoms with Crippen LogP contribution in [0.4, 0.5) is 0 Å². The van der Waals surface area contributed by atoms with Crippen LogP contribution in [-0.2, 0) is 6.61 Å². The van der Waals surface area contributed by atoms with Crippen molar-refractivity contribution < 1.29 is 9.53 Å². The lowest BCUT2D eigenvalue weighted by Crippen LogP contribution is -2.37. The zero-order valence-electron chi connectivity index (χ0n) is 14.7. The molecule has 5 nitrogen and oxygen atoms in total. The van der Waals surface area contributed by atoms with Crippen molar-refractivity contribution in [1.82, 2.24) is 15.6 Å². The Morgan fingerprint density at radius 1 is 1.29 bits per heavy atom. The highest BCUT2D eigenvalue weighted by atomic mass is 16.5. The third-order valence-electron chi connectivity index (χ3n) is 3.89. The lowest BCUT2D eigenvalue weighted by molar-refractivity contribution is 0.0950. The number of aryl methyl sites for hydroxylation is 2. The number of hydrogen-bond donors (Lipinski definition) is 2. The Morgan fingerprint density at radius 3 is 2.58 bits per heavy atom. The molecule has 2 rings (SSSR count). The summed E-state index contributed by atoms with van der Waals surface area (Å²) in [5.74, 6) is 0.751. The first-order valence-corrected chi connectivity index (χ1v) is 8.09. The van der Waals surface area contributed by atoms with Gasteiger partial charge in [-0.15, -0.1) is 0 Å². The Labute approximate surface area is 143 Å². The van der Waals surface area contributed by atoms with Crippen LogP contribution in [0.15, 0.2) is 36.7 Å². The third kappa shape index (κ3) is 4.80. The van der Waals surface area contributed by atoms with E-state index in [2.05, 4.69) is 15.6 Å². The maximum Gasteiger partial charge on any atom is 0.251 e. The highest BCUT2D eigenvalue weighted by Gasteiger charge is 2.12. The summed E-state index contributed by atoms with van der Waals surface area (Å²) in [5, 5.41) is 6.03. The van der Waals surface area contributed by atoms with Gasteiger partial charge in [0, 0.05) is 36.1 Å². The van der Waals surface area contributed by atoms with Crippen molar-refractivity contribution in [3.05, 3.63) is 58.9 Å². The van der Waals surface area contributed by atoms with Crippen LogP contribution in [0.25, 0.3) is 0 Å². The highest BCUT2D eigenvalue weighted by molar-refractivity contribution is 5.94. The summed E-state index contributed by atoms with van der Waals surface area (Å²) in [4.78, 5) is 16.4. The van der Waals surface area contributed by atoms with E-state index in [4.69, 9.17) is 4.74 Å². The first-order valence-electron chi connectivity index (χ1n) is 8.09. The predicted molar refractivity (Wildman–Crippen MR) is 95.3 cm³/mol. The first kappa shape index (κ1) is 17.9. The van der Waals surface area contributed by atoms with Crippen LogP contribution in [0.2, 0.25) is 0 Å². The molecule has 1 atom stereocenters. The van der Waals surface area contributed by atoms with Gasteiger partial charge in [0.05, 0.1) is 0 Å². The van der Waals surface area contributed by atoms with Gasteiger partial charge >= 0.3 is 0 Å². The average molecular weight is 327 g/mol. The number of carbonyl (C=O) groups excluding carboxylic acids is 1. The van der Waals surface area contributed by atoms with Crippen LogP contribution in [-0.4, -0.2) is 30.5 Å². The molecule has 1 aromatic heterocycles. The molecule has 0 saturated heterocycles. The van der Waals surface area contributed by atoms with Gasteiger partial charge in [-0.05, 0) is 57.1 Å². The molecule has 0 spiro atoms. The molecule has 0 bridgehead atoms. The fourth-order valence-electron chi connectivity index (χ4n) is 2.40. The number of benzene rings is 1. The van der Waals surface area contributed by atoms with E-state index < -0.39 is 0 Å². The van der Waals surface area contributed by atoms with E-state index >= 15 is 0 Å². The van der Waals surface area contributed by atoms with Crippen molar-refractivity contribution in [3.8, 4) is 5.75 Å². The summed E-state index contributed by atoms with van der Waals surface area (Å²) < 4.78 is 5.92. The number of aromatic nitrogens is 1. The van der Waals surface area contributed by atoms with Crippen molar-refractivity contribution in [2.75, 3.05) is 13.6 Å². The number of carbonyl (C=O) groups is 1. The summed E-state index contributed by atoms with van der Waals surface area (Å²) in [6.45, 7) is 6.98. The molecule has 0 fully saturated rings. The highest BCUT2D eigenvalue weighted by Crippen LogP contribution is 2.25. The Hall–Kier alpha value is -2.40. The SMILES string of the molecule is CNC(C)CNC(=O)c1cc(C)c(OCc2cccnc2)c(C)c1. The van der Waals surface area contributed by atoms with Gasteiger partial charge in [0.1, 0.15) is 12.4 Å². The number of likely N-dealkylation sites (N-methyl/N-ethyl adjacent to an activating group) is 1. The summed E-state index contributed by atoms with van der Waals surface area (Å²) in [7, 11) is 1.87. The second kappa shape index (κ2) is 8.45. The van der Waals surface area contributed by atoms with E-state index in [9.17, 15) is 4.79 Å². The van der Waals surface area contributed by atoms with Gasteiger partial charge in [0.2, 0.25) is 0 Å². The third-order valence-corrected chi connectivity index (χ3v) is 3.89. The van der Waals surface area contributed by atoms with E-state index in [1.54, 1.807) is 12.4 Å². The topological polar surface area (TPSA) is 63.2 Å². The molecule has 2 aromatic rings. The Balaban J connectivity index is 2.06. The van der Waals surface area contributed by atoms with E-state index in [1.165, 1.54) is 0 Å². The molecule has 1 heterocycles. The molecule has 128 valence electrons. The van der Waals surface area contributed by atoms with Crippen LogP contribution < -0.4 is 15.4 Å². The molecule has 24 heavy (non-hydrogen) atoms. The lowest BCUT2D eigenvalue weighted by Gasteiger charge is -2.15. The fourth-order valence-corrected chi connectivity index (χ4v) is 2.40. The van der Waals surface area contributed by atoms with Crippen molar-refractivity contribution in [2.45, 2.75) is 33.4 Å². The molecule has 1 unspecified atom stereocenters. The van der Waals surface area contributed by atoms with Gasteiger partial charge < -0.3 is 15.4 Å². The summed E-state index contributed by atoms with van der Waals surface area (Å²) >= 11 is 0. The second-order valence-electron chi connectivity index (χ2n) is 5.99. The monoisotopic (exact) mass is 327 g/mol. The molecule has 0 aliphatic heterocycles. The van der Waals surface area contributed by atoms with Crippen LogP contribution in [0.5, 0.6) is 5.75 Å². The summed E-state index contributed by atoms with van der Waals surface area (Å²) in [5.41, 5.74) is 3.57. The zero-order chi connectivity index (χ0) is 17.5. The fraction of sp³-hybridized carbons (Fsp3) is 0.368. The molecule has 2 N–H and O–H groups in total. The van der Waals surface area contributed by atoms with Gasteiger partial charge in [0.15, 0.2) is 0 Å². The normalized spacial score (nSPS) is 11.8. The van der Waals surface area contributed by atoms with Gasteiger partial charge in [-0.2, -0.15) is 0 Å². The largest absolute Gasteiger partial charge is 0.488 e. The van der Waals surface area contributed by atoms with Gasteiger partial charge in [0.25, 0.3) is 5.91 Å². The molecule has 5 heteroatoms. The number of nitrogens with zero attached hydrogens (tertiary/aromatic N) is 1. The molecular weight excluding hydrogens is 302 g/mol. The maximum absolute atomic E-state index is 12.3. The maximum atomic E-state index is 12.3. The number of ether oxygens (including phenoxy) is 1. The van der Waals surface area contributed by atoms with E-state index in [0.717, 1.165) is 22.4 Å². The first-order chi connectivity index (χ1) is 11.5.